The summed E-state index contributed by atoms with van der Waals surface area (Å²) >= 11 is 0. The quantitative estimate of drug-likeness (QED) is 0.467. The van der Waals surface area contributed by atoms with Crippen LogP contribution in [0.5, 0.6) is 0 Å². The lowest BCUT2D eigenvalue weighted by atomic mass is 10.1. The van der Waals surface area contributed by atoms with Gasteiger partial charge in [0.25, 0.3) is 0 Å². The molecule has 1 fully saturated rings. The van der Waals surface area contributed by atoms with Crippen molar-refractivity contribution >= 4 is 5.96 Å². The van der Waals surface area contributed by atoms with E-state index in [0.717, 1.165) is 68.2 Å². The molecule has 5 nitrogen and oxygen atoms in total. The van der Waals surface area contributed by atoms with Crippen LogP contribution in [0.3, 0.4) is 0 Å². The molecule has 0 amide bonds. The van der Waals surface area contributed by atoms with Gasteiger partial charge in [-0.05, 0) is 67.5 Å². The summed E-state index contributed by atoms with van der Waals surface area (Å²) in [6.07, 6.45) is 3.09. The van der Waals surface area contributed by atoms with E-state index >= 15 is 0 Å². The van der Waals surface area contributed by atoms with Crippen LogP contribution in [-0.4, -0.2) is 38.4 Å². The van der Waals surface area contributed by atoms with Crippen LogP contribution in [0.4, 0.5) is 4.39 Å². The molecule has 0 radical (unpaired) electrons. The van der Waals surface area contributed by atoms with E-state index in [1.54, 1.807) is 6.07 Å². The van der Waals surface area contributed by atoms with E-state index in [4.69, 9.17) is 9.47 Å². The van der Waals surface area contributed by atoms with Gasteiger partial charge in [0.15, 0.2) is 5.96 Å². The Morgan fingerprint density at radius 2 is 1.84 bits per heavy atom. The van der Waals surface area contributed by atoms with Gasteiger partial charge in [-0.2, -0.15) is 0 Å². The van der Waals surface area contributed by atoms with Crippen molar-refractivity contribution in [2.24, 2.45) is 4.99 Å². The number of nitrogens with one attached hydrogen (secondary N) is 2. The Bertz CT molecular complexity index is 833. The maximum atomic E-state index is 13.3. The number of aliphatic imine (C=N–C) groups is 1. The topological polar surface area (TPSA) is 54.9 Å². The Kier molecular flexibility index (Phi) is 9.31. The van der Waals surface area contributed by atoms with Gasteiger partial charge in [-0.15, -0.1) is 0 Å². The second-order valence-electron chi connectivity index (χ2n) is 7.88. The Morgan fingerprint density at radius 1 is 1.10 bits per heavy atom. The van der Waals surface area contributed by atoms with Crippen LogP contribution in [0.25, 0.3) is 0 Å². The first-order valence-electron chi connectivity index (χ1n) is 11.2. The van der Waals surface area contributed by atoms with E-state index in [-0.39, 0.29) is 5.82 Å². The van der Waals surface area contributed by atoms with Crippen molar-refractivity contribution in [2.45, 2.75) is 52.4 Å². The highest BCUT2D eigenvalue weighted by Crippen LogP contribution is 2.14. The number of halogens is 1. The summed E-state index contributed by atoms with van der Waals surface area (Å²) in [7, 11) is 0. The van der Waals surface area contributed by atoms with Gasteiger partial charge in [0.1, 0.15) is 5.82 Å². The third kappa shape index (κ3) is 7.96. The molecule has 0 aliphatic carbocycles. The predicted molar refractivity (Wildman–Crippen MR) is 123 cm³/mol. The van der Waals surface area contributed by atoms with E-state index in [0.29, 0.717) is 19.3 Å². The van der Waals surface area contributed by atoms with Gasteiger partial charge < -0.3 is 20.1 Å². The normalized spacial score (nSPS) is 15.1. The van der Waals surface area contributed by atoms with Crippen LogP contribution in [0.1, 0.15) is 42.0 Å². The molecular weight excluding hydrogens is 393 g/mol. The number of benzene rings is 2. The second-order valence-corrected chi connectivity index (χ2v) is 7.88. The van der Waals surface area contributed by atoms with Gasteiger partial charge >= 0.3 is 0 Å². The third-order valence-corrected chi connectivity index (χ3v) is 5.43. The SMILES string of the molecule is CCNC(=NCc1ccc(COC2CCOCC2)cc1)NCCc1ccc(F)cc1C. The third-order valence-electron chi connectivity index (χ3n) is 5.43. The zero-order valence-electron chi connectivity index (χ0n) is 18.6. The molecule has 0 aromatic heterocycles. The van der Waals surface area contributed by atoms with Crippen LogP contribution in [-0.2, 0) is 29.0 Å². The monoisotopic (exact) mass is 427 g/mol. The lowest BCUT2D eigenvalue weighted by molar-refractivity contribution is -0.0390. The molecule has 0 atom stereocenters. The molecule has 2 aromatic rings. The molecular formula is C25H34FN3O2. The van der Waals surface area contributed by atoms with Crippen LogP contribution < -0.4 is 10.6 Å². The van der Waals surface area contributed by atoms with Gasteiger partial charge in [-0.3, -0.25) is 0 Å². The molecule has 0 saturated carbocycles. The van der Waals surface area contributed by atoms with Crippen molar-refractivity contribution in [2.75, 3.05) is 26.3 Å². The first-order chi connectivity index (χ1) is 15.1. The molecule has 31 heavy (non-hydrogen) atoms. The van der Waals surface area contributed by atoms with E-state index < -0.39 is 0 Å². The van der Waals surface area contributed by atoms with E-state index in [1.807, 2.05) is 13.0 Å². The highest BCUT2D eigenvalue weighted by Gasteiger charge is 2.13. The number of nitrogens with zero attached hydrogens (tertiary/aromatic N) is 1. The zero-order chi connectivity index (χ0) is 21.9. The van der Waals surface area contributed by atoms with Crippen molar-refractivity contribution in [3.63, 3.8) is 0 Å². The summed E-state index contributed by atoms with van der Waals surface area (Å²) in [5.74, 6) is 0.597. The maximum absolute atomic E-state index is 13.3. The lowest BCUT2D eigenvalue weighted by Gasteiger charge is -2.22. The smallest absolute Gasteiger partial charge is 0.191 e. The minimum Gasteiger partial charge on any atom is -0.381 e. The highest BCUT2D eigenvalue weighted by molar-refractivity contribution is 5.79. The number of rotatable bonds is 9. The molecule has 2 N–H and O–H groups in total. The van der Waals surface area contributed by atoms with Crippen molar-refractivity contribution in [3.05, 3.63) is 70.5 Å². The molecule has 3 rings (SSSR count). The fourth-order valence-corrected chi connectivity index (χ4v) is 3.57. The zero-order valence-corrected chi connectivity index (χ0v) is 18.6. The largest absolute Gasteiger partial charge is 0.381 e. The number of hydrogen-bond donors (Lipinski definition) is 2. The summed E-state index contributed by atoms with van der Waals surface area (Å²) in [6, 6.07) is 13.4. The van der Waals surface area contributed by atoms with Gasteiger partial charge in [0.05, 0.1) is 19.3 Å². The summed E-state index contributed by atoms with van der Waals surface area (Å²) in [4.78, 5) is 4.69. The minimum absolute atomic E-state index is 0.190. The number of guanidine groups is 1. The summed E-state index contributed by atoms with van der Waals surface area (Å²) in [5, 5.41) is 6.64. The number of hydrogen-bond acceptors (Lipinski definition) is 3. The highest BCUT2D eigenvalue weighted by atomic mass is 19.1. The van der Waals surface area contributed by atoms with Crippen LogP contribution in [0.2, 0.25) is 0 Å². The Labute approximate surface area is 185 Å². The minimum atomic E-state index is -0.190. The Hall–Kier alpha value is -2.44. The van der Waals surface area contributed by atoms with Gasteiger partial charge in [-0.25, -0.2) is 9.38 Å². The van der Waals surface area contributed by atoms with Crippen molar-refractivity contribution < 1.29 is 13.9 Å². The molecule has 1 aliphatic heterocycles. The van der Waals surface area contributed by atoms with Crippen molar-refractivity contribution in [3.8, 4) is 0 Å². The number of aryl methyl sites for hydroxylation is 1. The molecule has 6 heteroatoms. The summed E-state index contributed by atoms with van der Waals surface area (Å²) in [5.41, 5.74) is 4.45. The fraction of sp³-hybridized carbons (Fsp3) is 0.480. The second kappa shape index (κ2) is 12.4. The summed E-state index contributed by atoms with van der Waals surface area (Å²) in [6.45, 7) is 8.36. The average Bonchev–Trinajstić information content (AvgIpc) is 2.79. The van der Waals surface area contributed by atoms with E-state index in [9.17, 15) is 4.39 Å². The Balaban J connectivity index is 1.46. The van der Waals surface area contributed by atoms with E-state index in [1.165, 1.54) is 11.6 Å². The van der Waals surface area contributed by atoms with Crippen LogP contribution in [0.15, 0.2) is 47.5 Å². The molecule has 1 saturated heterocycles. The van der Waals surface area contributed by atoms with Crippen LogP contribution in [0, 0.1) is 12.7 Å². The lowest BCUT2D eigenvalue weighted by Crippen LogP contribution is -2.38. The van der Waals surface area contributed by atoms with Gasteiger partial charge in [-0.1, -0.05) is 30.3 Å². The molecule has 2 aromatic carbocycles. The van der Waals surface area contributed by atoms with Crippen molar-refractivity contribution in [1.82, 2.24) is 10.6 Å². The molecule has 1 aliphatic rings. The molecule has 1 heterocycles. The van der Waals surface area contributed by atoms with Gasteiger partial charge in [0, 0.05) is 26.3 Å². The summed E-state index contributed by atoms with van der Waals surface area (Å²) < 4.78 is 24.6. The van der Waals surface area contributed by atoms with Gasteiger partial charge in [0.2, 0.25) is 0 Å². The molecule has 168 valence electrons. The fourth-order valence-electron chi connectivity index (χ4n) is 3.57. The number of ether oxygens (including phenoxy) is 2. The maximum Gasteiger partial charge on any atom is 0.191 e. The predicted octanol–water partition coefficient (Wildman–Crippen LogP) is 4.13. The van der Waals surface area contributed by atoms with E-state index in [2.05, 4.69) is 46.8 Å². The first kappa shape index (κ1) is 23.2. The standard InChI is InChI=1S/C25H34FN3O2/c1-3-27-25(28-13-10-22-8-9-23(26)16-19(22)2)29-17-20-4-6-21(7-5-20)18-31-24-11-14-30-15-12-24/h4-9,16,24H,3,10-15,17-18H2,1-2H3,(H2,27,28,29). The average molecular weight is 428 g/mol. The molecule has 0 spiro atoms. The Morgan fingerprint density at radius 3 is 2.55 bits per heavy atom. The van der Waals surface area contributed by atoms with Crippen LogP contribution >= 0.6 is 0 Å². The van der Waals surface area contributed by atoms with Crippen molar-refractivity contribution in [1.29, 1.82) is 0 Å². The molecule has 0 bridgehead atoms. The first-order valence-corrected chi connectivity index (χ1v) is 11.2. The molecule has 0 unspecified atom stereocenters.